The number of hydrogen-bond acceptors (Lipinski definition) is 3. The van der Waals surface area contributed by atoms with E-state index in [1.165, 1.54) is 73.6 Å². The summed E-state index contributed by atoms with van der Waals surface area (Å²) in [5, 5.41) is 7.95. The van der Waals surface area contributed by atoms with Crippen molar-refractivity contribution in [1.82, 2.24) is 0 Å². The van der Waals surface area contributed by atoms with Crippen LogP contribution in [-0.2, 0) is 0 Å². The van der Waals surface area contributed by atoms with Crippen LogP contribution in [0.4, 0.5) is 11.4 Å². The molecule has 0 fully saturated rings. The van der Waals surface area contributed by atoms with E-state index in [2.05, 4.69) is 133 Å². The molecule has 0 aliphatic carbocycles. The largest absolute Gasteiger partial charge is 0.344 e. The Bertz CT molecular complexity index is 2150. The summed E-state index contributed by atoms with van der Waals surface area (Å²) in [5.41, 5.74) is 4.89. The number of hydrogen-bond donors (Lipinski definition) is 0. The quantitative estimate of drug-likeness (QED) is 0.223. The van der Waals surface area contributed by atoms with Crippen LogP contribution in [0.2, 0.25) is 0 Å². The van der Waals surface area contributed by atoms with Gasteiger partial charge in [0.15, 0.2) is 0 Å². The van der Waals surface area contributed by atoms with E-state index in [1.54, 1.807) is 0 Å². The van der Waals surface area contributed by atoms with Gasteiger partial charge in [0, 0.05) is 64.3 Å². The second-order valence-corrected chi connectivity index (χ2v) is 12.0. The van der Waals surface area contributed by atoms with E-state index in [0.717, 1.165) is 0 Å². The van der Waals surface area contributed by atoms with Gasteiger partial charge < -0.3 is 4.90 Å². The van der Waals surface area contributed by atoms with Gasteiger partial charge in [-0.3, -0.25) is 0 Å². The van der Waals surface area contributed by atoms with Gasteiger partial charge >= 0.3 is 0 Å². The van der Waals surface area contributed by atoms with Crippen LogP contribution < -0.4 is 4.90 Å². The smallest absolute Gasteiger partial charge is 0.0494 e. The molecule has 0 bridgehead atoms. The van der Waals surface area contributed by atoms with Gasteiger partial charge in [-0.25, -0.2) is 0 Å². The normalized spacial score (nSPS) is 11.8. The molecule has 2 heterocycles. The van der Waals surface area contributed by atoms with E-state index >= 15 is 0 Å². The number of nitrogens with zero attached hydrogens (tertiary/aromatic N) is 1. The van der Waals surface area contributed by atoms with E-state index in [4.69, 9.17) is 0 Å². The zero-order valence-electron chi connectivity index (χ0n) is 20.8. The number of benzene rings is 6. The van der Waals surface area contributed by atoms with Crippen LogP contribution in [0.5, 0.6) is 0 Å². The molecule has 0 saturated heterocycles. The van der Waals surface area contributed by atoms with Gasteiger partial charge in [0.05, 0.1) is 0 Å². The molecule has 180 valence electrons. The molecule has 0 unspecified atom stereocenters. The molecule has 0 atom stereocenters. The molecule has 0 N–H and O–H groups in total. The van der Waals surface area contributed by atoms with Gasteiger partial charge in [-0.2, -0.15) is 0 Å². The Labute approximate surface area is 228 Å². The molecule has 0 radical (unpaired) electrons. The molecule has 0 aliphatic heterocycles. The number of thiophene rings is 2. The van der Waals surface area contributed by atoms with Crippen LogP contribution in [0.3, 0.4) is 0 Å². The minimum atomic E-state index is 1.20. The Morgan fingerprint density at radius 2 is 1.18 bits per heavy atom. The summed E-state index contributed by atoms with van der Waals surface area (Å²) in [6.07, 6.45) is 0. The summed E-state index contributed by atoms with van der Waals surface area (Å²) < 4.78 is 5.34. The third-order valence-corrected chi connectivity index (χ3v) is 9.94. The molecule has 8 aromatic rings. The average molecular weight is 522 g/mol. The first-order chi connectivity index (χ1) is 18.7. The van der Waals surface area contributed by atoms with Crippen LogP contribution in [0.25, 0.3) is 62.2 Å². The molecule has 2 aromatic heterocycles. The fourth-order valence-electron chi connectivity index (χ4n) is 5.77. The molecule has 0 saturated carbocycles. The summed E-state index contributed by atoms with van der Waals surface area (Å²) in [6.45, 7) is 0. The standard InChI is InChI=1S/C35H23NS2/c1-36(24-16-17-26-25-11-5-7-13-31(25)38-34(26)20-24)30-21-29-23(19-28(30)22-9-3-2-4-10-22)15-18-33-35(29)27-12-6-8-14-32(27)37-33/h2-21H,1H3. The van der Waals surface area contributed by atoms with E-state index in [0.29, 0.717) is 0 Å². The second-order valence-electron chi connectivity index (χ2n) is 9.83. The lowest BCUT2D eigenvalue weighted by Gasteiger charge is -2.24. The van der Waals surface area contributed by atoms with Crippen molar-refractivity contribution in [2.75, 3.05) is 11.9 Å². The Balaban J connectivity index is 1.40. The number of rotatable bonds is 3. The Morgan fingerprint density at radius 1 is 0.500 bits per heavy atom. The average Bonchev–Trinajstić information content (AvgIpc) is 3.54. The third-order valence-electron chi connectivity index (χ3n) is 7.67. The first-order valence-electron chi connectivity index (χ1n) is 12.8. The van der Waals surface area contributed by atoms with Crippen LogP contribution in [0, 0.1) is 0 Å². The highest BCUT2D eigenvalue weighted by Crippen LogP contribution is 2.44. The zero-order chi connectivity index (χ0) is 25.2. The predicted molar refractivity (Wildman–Crippen MR) is 170 cm³/mol. The van der Waals surface area contributed by atoms with E-state index < -0.39 is 0 Å². The molecule has 3 heteroatoms. The lowest BCUT2D eigenvalue weighted by atomic mass is 9.96. The summed E-state index contributed by atoms with van der Waals surface area (Å²) in [6, 6.07) is 44.5. The maximum absolute atomic E-state index is 2.41. The van der Waals surface area contributed by atoms with Gasteiger partial charge in [-0.1, -0.05) is 78.9 Å². The van der Waals surface area contributed by atoms with Gasteiger partial charge in [-0.15, -0.1) is 22.7 Å². The second kappa shape index (κ2) is 8.42. The molecule has 8 rings (SSSR count). The topological polar surface area (TPSA) is 3.24 Å². The monoisotopic (exact) mass is 521 g/mol. The molecule has 0 aliphatic rings. The SMILES string of the molecule is CN(c1ccc2c(c1)sc1ccccc12)c1cc2c(ccc3sc4ccccc4c32)cc1-c1ccccc1. The van der Waals surface area contributed by atoms with E-state index in [9.17, 15) is 0 Å². The Hall–Kier alpha value is -4.18. The maximum atomic E-state index is 2.41. The minimum absolute atomic E-state index is 1.20. The maximum Gasteiger partial charge on any atom is 0.0494 e. The highest BCUT2D eigenvalue weighted by Gasteiger charge is 2.17. The molecule has 1 nitrogen and oxygen atoms in total. The molecule has 6 aromatic carbocycles. The summed E-state index contributed by atoms with van der Waals surface area (Å²) in [7, 11) is 2.20. The van der Waals surface area contributed by atoms with Crippen molar-refractivity contribution in [2.24, 2.45) is 0 Å². The van der Waals surface area contributed by atoms with Crippen molar-refractivity contribution in [2.45, 2.75) is 0 Å². The molecular weight excluding hydrogens is 499 g/mol. The van der Waals surface area contributed by atoms with Crippen molar-refractivity contribution in [3.63, 3.8) is 0 Å². The zero-order valence-corrected chi connectivity index (χ0v) is 22.4. The summed E-state index contributed by atoms with van der Waals surface area (Å²) >= 11 is 3.75. The third kappa shape index (κ3) is 3.29. The highest BCUT2D eigenvalue weighted by molar-refractivity contribution is 7.26. The van der Waals surface area contributed by atoms with Gasteiger partial charge in [-0.05, 0) is 58.8 Å². The van der Waals surface area contributed by atoms with Crippen LogP contribution >= 0.6 is 22.7 Å². The van der Waals surface area contributed by atoms with Crippen molar-refractivity contribution in [3.8, 4) is 11.1 Å². The minimum Gasteiger partial charge on any atom is -0.344 e. The molecule has 0 amide bonds. The predicted octanol–water partition coefficient (Wildman–Crippen LogP) is 11.0. The summed E-state index contributed by atoms with van der Waals surface area (Å²) in [4.78, 5) is 2.36. The number of anilines is 2. The molecular formula is C35H23NS2. The lowest BCUT2D eigenvalue weighted by Crippen LogP contribution is -2.10. The van der Waals surface area contributed by atoms with E-state index in [1.807, 2.05) is 22.7 Å². The fraction of sp³-hybridized carbons (Fsp3) is 0.0286. The lowest BCUT2D eigenvalue weighted by molar-refractivity contribution is 1.22. The Kier molecular flexibility index (Phi) is 4.84. The van der Waals surface area contributed by atoms with Crippen LogP contribution in [0.15, 0.2) is 121 Å². The van der Waals surface area contributed by atoms with Gasteiger partial charge in [0.2, 0.25) is 0 Å². The first-order valence-corrected chi connectivity index (χ1v) is 14.5. The van der Waals surface area contributed by atoms with Crippen molar-refractivity contribution in [3.05, 3.63) is 121 Å². The molecule has 0 spiro atoms. The van der Waals surface area contributed by atoms with Crippen LogP contribution in [-0.4, -0.2) is 7.05 Å². The highest BCUT2D eigenvalue weighted by atomic mass is 32.1. The van der Waals surface area contributed by atoms with E-state index in [-0.39, 0.29) is 0 Å². The fourth-order valence-corrected chi connectivity index (χ4v) is 8.03. The van der Waals surface area contributed by atoms with Gasteiger partial charge in [0.1, 0.15) is 0 Å². The molecule has 38 heavy (non-hydrogen) atoms. The van der Waals surface area contributed by atoms with Crippen molar-refractivity contribution in [1.29, 1.82) is 0 Å². The van der Waals surface area contributed by atoms with Crippen molar-refractivity contribution >= 4 is 85.2 Å². The number of fused-ring (bicyclic) bond motifs is 8. The van der Waals surface area contributed by atoms with Gasteiger partial charge in [0.25, 0.3) is 0 Å². The summed E-state index contributed by atoms with van der Waals surface area (Å²) in [5.74, 6) is 0. The first kappa shape index (κ1) is 21.9. The van der Waals surface area contributed by atoms with Crippen LogP contribution in [0.1, 0.15) is 0 Å². The van der Waals surface area contributed by atoms with Crippen molar-refractivity contribution < 1.29 is 0 Å². The Morgan fingerprint density at radius 3 is 2.03 bits per heavy atom.